The van der Waals surface area contributed by atoms with Crippen molar-refractivity contribution in [2.24, 2.45) is 0 Å². The Morgan fingerprint density at radius 1 is 1.07 bits per heavy atom. The van der Waals surface area contributed by atoms with Crippen molar-refractivity contribution in [2.45, 2.75) is 50.7 Å². The van der Waals surface area contributed by atoms with Gasteiger partial charge in [0.2, 0.25) is 0 Å². The van der Waals surface area contributed by atoms with Crippen LogP contribution in [-0.4, -0.2) is 27.6 Å². The summed E-state index contributed by atoms with van der Waals surface area (Å²) >= 11 is 0. The lowest BCUT2D eigenvalue weighted by Crippen LogP contribution is -2.30. The summed E-state index contributed by atoms with van der Waals surface area (Å²) in [4.78, 5) is 12.2. The molecule has 0 heterocycles. The Balaban J connectivity index is 0.00000379. The first-order valence-corrected chi connectivity index (χ1v) is 9.51. The van der Waals surface area contributed by atoms with E-state index >= 15 is 0 Å². The van der Waals surface area contributed by atoms with Crippen LogP contribution in [-0.2, 0) is 17.2 Å². The van der Waals surface area contributed by atoms with Gasteiger partial charge < -0.3 is 10.0 Å². The van der Waals surface area contributed by atoms with Gasteiger partial charge in [-0.2, -0.15) is 26.3 Å². The average Bonchev–Trinajstić information content (AvgIpc) is 2.57. The quantitative estimate of drug-likeness (QED) is 0.347. The van der Waals surface area contributed by atoms with E-state index in [4.69, 9.17) is 0 Å². The highest BCUT2D eigenvalue weighted by Gasteiger charge is 2.32. The van der Waals surface area contributed by atoms with E-state index in [1.54, 1.807) is 20.8 Å². The van der Waals surface area contributed by atoms with Gasteiger partial charge in [-0.1, -0.05) is 0 Å². The molecule has 0 bridgehead atoms. The summed E-state index contributed by atoms with van der Waals surface area (Å²) in [5.74, 6) is -0.862. The number of halogens is 6. The lowest BCUT2D eigenvalue weighted by atomic mass is 10.1. The third-order valence-electron chi connectivity index (χ3n) is 3.27. The topological polar surface area (TPSA) is 58.2 Å². The number of alkyl halides is 6. The summed E-state index contributed by atoms with van der Waals surface area (Å²) in [6, 6.07) is 2.22. The van der Waals surface area contributed by atoms with Gasteiger partial charge in [0, 0.05) is 13.0 Å². The minimum atomic E-state index is -4.68. The summed E-state index contributed by atoms with van der Waals surface area (Å²) in [6.45, 7) is 10.4. The van der Waals surface area contributed by atoms with Gasteiger partial charge in [-0.05, 0) is 45.4 Å². The maximum atomic E-state index is 12.9. The first-order valence-electron chi connectivity index (χ1n) is 8.36. The predicted molar refractivity (Wildman–Crippen MR) is 102 cm³/mol. The fourth-order valence-electron chi connectivity index (χ4n) is 1.84. The van der Waals surface area contributed by atoms with Crippen LogP contribution in [0.4, 0.5) is 32.0 Å². The van der Waals surface area contributed by atoms with Crippen molar-refractivity contribution in [2.75, 3.05) is 11.3 Å². The molecule has 2 N–H and O–H groups in total. The monoisotopic (exact) mass is 446 g/mol. The molecule has 11 heteroatoms. The highest BCUT2D eigenvalue weighted by atomic mass is 32.2. The van der Waals surface area contributed by atoms with Gasteiger partial charge in [-0.25, -0.2) is 4.21 Å². The lowest BCUT2D eigenvalue weighted by Gasteiger charge is -2.21. The maximum Gasteiger partial charge on any atom is 0.416 e. The van der Waals surface area contributed by atoms with Crippen LogP contribution in [0.3, 0.4) is 0 Å². The number of carbonyl (C=O) groups excluding carboxylic acids is 1. The Labute approximate surface area is 168 Å². The Hall–Kier alpha value is -2.04. The molecule has 0 spiro atoms. The van der Waals surface area contributed by atoms with Crippen molar-refractivity contribution < 1.29 is 35.3 Å². The molecule has 1 aromatic rings. The number of carbonyl (C=O) groups is 1. The predicted octanol–water partition coefficient (Wildman–Crippen LogP) is 5.45. The summed E-state index contributed by atoms with van der Waals surface area (Å²) in [7, 11) is -1.82. The third-order valence-corrected chi connectivity index (χ3v) is 4.79. The molecule has 0 radical (unpaired) electrons. The van der Waals surface area contributed by atoms with Crippen LogP contribution in [0.15, 0.2) is 31.4 Å². The molecule has 0 saturated heterocycles. The Bertz CT molecular complexity index is 712. The molecule has 0 saturated carbocycles. The summed E-state index contributed by atoms with van der Waals surface area (Å²) in [6.07, 6.45) is -10.5. The van der Waals surface area contributed by atoms with Crippen molar-refractivity contribution >= 4 is 22.6 Å². The van der Waals surface area contributed by atoms with Crippen LogP contribution in [0.1, 0.15) is 49.5 Å². The summed E-state index contributed by atoms with van der Waals surface area (Å²) in [5.41, 5.74) is -1.61. The Morgan fingerprint density at radius 2 is 1.62 bits per heavy atom. The SMILES string of the molecule is C=C.CC(C)(C)S(=O)Nc1cc(C(F)(F)F)ccc1C(=O)NCCCC(F)(F)F. The fourth-order valence-corrected chi connectivity index (χ4v) is 2.52. The Kier molecular flexibility index (Phi) is 9.91. The van der Waals surface area contributed by atoms with Gasteiger partial charge in [-0.15, -0.1) is 13.2 Å². The van der Waals surface area contributed by atoms with Crippen molar-refractivity contribution in [1.29, 1.82) is 0 Å². The summed E-state index contributed by atoms with van der Waals surface area (Å²) < 4.78 is 88.9. The molecule has 0 aromatic heterocycles. The second-order valence-electron chi connectivity index (χ2n) is 6.72. The standard InChI is InChI=1S/C16H20F6N2O2S.C2H4/c1-14(2,3)27(26)24-12-9-10(16(20,21)22)5-6-11(12)13(25)23-8-4-7-15(17,18)19;1-2/h5-6,9,24H,4,7-8H2,1-3H3,(H,23,25);1-2H2. The van der Waals surface area contributed by atoms with E-state index in [1.165, 1.54) is 0 Å². The van der Waals surface area contributed by atoms with Crippen molar-refractivity contribution in [1.82, 2.24) is 5.32 Å². The molecule has 1 amide bonds. The van der Waals surface area contributed by atoms with E-state index in [9.17, 15) is 35.3 Å². The smallest absolute Gasteiger partial charge is 0.352 e. The second-order valence-corrected chi connectivity index (χ2v) is 8.68. The lowest BCUT2D eigenvalue weighted by molar-refractivity contribution is -0.137. The number of amides is 1. The van der Waals surface area contributed by atoms with E-state index < -0.39 is 46.0 Å². The fraction of sp³-hybridized carbons (Fsp3) is 0.500. The van der Waals surface area contributed by atoms with Crippen LogP contribution >= 0.6 is 0 Å². The van der Waals surface area contributed by atoms with Gasteiger partial charge >= 0.3 is 12.4 Å². The zero-order chi connectivity index (χ0) is 23.0. The van der Waals surface area contributed by atoms with Crippen molar-refractivity contribution in [3.05, 3.63) is 42.5 Å². The molecule has 0 aliphatic rings. The molecule has 29 heavy (non-hydrogen) atoms. The van der Waals surface area contributed by atoms with E-state index in [0.717, 1.165) is 6.07 Å². The van der Waals surface area contributed by atoms with Gasteiger partial charge in [0.15, 0.2) is 0 Å². The number of rotatable bonds is 6. The molecule has 166 valence electrons. The van der Waals surface area contributed by atoms with E-state index in [0.29, 0.717) is 12.1 Å². The molecule has 0 aliphatic carbocycles. The molecule has 1 aromatic carbocycles. The number of benzene rings is 1. The van der Waals surface area contributed by atoms with Gasteiger partial charge in [0.05, 0.1) is 21.6 Å². The molecule has 1 rings (SSSR count). The zero-order valence-corrected chi connectivity index (χ0v) is 17.1. The zero-order valence-electron chi connectivity index (χ0n) is 16.3. The van der Waals surface area contributed by atoms with Crippen LogP contribution in [0.5, 0.6) is 0 Å². The molecular weight excluding hydrogens is 422 g/mol. The van der Waals surface area contributed by atoms with Crippen molar-refractivity contribution in [3.8, 4) is 0 Å². The second kappa shape index (κ2) is 10.7. The average molecular weight is 446 g/mol. The van der Waals surface area contributed by atoms with Crippen LogP contribution in [0.25, 0.3) is 0 Å². The van der Waals surface area contributed by atoms with Gasteiger partial charge in [0.25, 0.3) is 5.91 Å². The summed E-state index contributed by atoms with van der Waals surface area (Å²) in [5, 5.41) is 2.22. The minimum absolute atomic E-state index is 0.243. The molecule has 0 aliphatic heterocycles. The number of hydrogen-bond acceptors (Lipinski definition) is 2. The van der Waals surface area contributed by atoms with E-state index in [2.05, 4.69) is 23.2 Å². The highest BCUT2D eigenvalue weighted by molar-refractivity contribution is 7.87. The maximum absolute atomic E-state index is 12.9. The molecule has 1 unspecified atom stereocenters. The normalized spacial score (nSPS) is 13.1. The highest BCUT2D eigenvalue weighted by Crippen LogP contribution is 2.33. The third kappa shape index (κ3) is 9.82. The first kappa shape index (κ1) is 27.0. The van der Waals surface area contributed by atoms with Crippen molar-refractivity contribution in [3.63, 3.8) is 0 Å². The van der Waals surface area contributed by atoms with Crippen LogP contribution in [0.2, 0.25) is 0 Å². The number of anilines is 1. The molecule has 4 nitrogen and oxygen atoms in total. The minimum Gasteiger partial charge on any atom is -0.352 e. The first-order chi connectivity index (χ1) is 13.1. The molecule has 1 atom stereocenters. The number of hydrogen-bond donors (Lipinski definition) is 2. The Morgan fingerprint density at radius 3 is 2.07 bits per heavy atom. The van der Waals surface area contributed by atoms with Crippen LogP contribution < -0.4 is 10.0 Å². The van der Waals surface area contributed by atoms with Gasteiger partial charge in [-0.3, -0.25) is 4.79 Å². The van der Waals surface area contributed by atoms with Crippen LogP contribution in [0, 0.1) is 0 Å². The van der Waals surface area contributed by atoms with Gasteiger partial charge in [0.1, 0.15) is 11.0 Å². The van der Waals surface area contributed by atoms with E-state index in [1.807, 2.05) is 0 Å². The molecular formula is C18H24F6N2O2S. The molecule has 0 fully saturated rings. The number of nitrogens with one attached hydrogen (secondary N) is 2. The largest absolute Gasteiger partial charge is 0.416 e. The van der Waals surface area contributed by atoms with E-state index in [-0.39, 0.29) is 24.2 Å².